The number of aryl methyl sites for hydroxylation is 1. The molecule has 360 valence electrons. The average Bonchev–Trinajstić information content (AvgIpc) is 3.79. The fraction of sp³-hybridized carbons (Fsp3) is 0.479. The molecule has 0 bridgehead atoms. The molecule has 6 N–H and O–H groups in total. The van der Waals surface area contributed by atoms with E-state index in [4.69, 9.17) is 9.84 Å². The number of aromatic amines is 1. The van der Waals surface area contributed by atoms with E-state index in [1.807, 2.05) is 48.3 Å². The van der Waals surface area contributed by atoms with Gasteiger partial charge in [0.05, 0.1) is 0 Å². The summed E-state index contributed by atoms with van der Waals surface area (Å²) < 4.78 is 61.5. The first-order chi connectivity index (χ1) is 31.6. The minimum atomic E-state index is -5.45. The maximum absolute atomic E-state index is 14.3. The Labute approximate surface area is 386 Å². The first kappa shape index (κ1) is 50.1. The van der Waals surface area contributed by atoms with Crippen molar-refractivity contribution in [1.82, 2.24) is 36.0 Å². The molecule has 1 saturated carbocycles. The quantitative estimate of drug-likeness (QED) is 0.0617. The van der Waals surface area contributed by atoms with Crippen LogP contribution in [0.1, 0.15) is 86.6 Å². The Balaban J connectivity index is 1.12. The fourth-order valence-corrected chi connectivity index (χ4v) is 8.22. The Morgan fingerprint density at radius 3 is 2.04 bits per heavy atom. The predicted molar refractivity (Wildman–Crippen MR) is 241 cm³/mol. The molecule has 67 heavy (non-hydrogen) atoms. The number of rotatable bonds is 16. The number of aromatic nitrogens is 3. The molecule has 1 saturated heterocycles. The second kappa shape index (κ2) is 21.1. The molecule has 0 unspecified atom stereocenters. The molecule has 15 nitrogen and oxygen atoms in total. The number of carbonyl (C=O) groups excluding carboxylic acids is 4. The van der Waals surface area contributed by atoms with Gasteiger partial charge in [-0.25, -0.2) is 9.59 Å². The number of alkyl carbamates (subject to hydrolysis) is 1. The second-order valence-electron chi connectivity index (χ2n) is 18.6. The summed E-state index contributed by atoms with van der Waals surface area (Å²) in [5, 5.41) is 26.8. The van der Waals surface area contributed by atoms with E-state index < -0.39 is 47.3 Å². The number of alkyl halides is 4. The molecule has 2 heterocycles. The number of aliphatic carboxylic acids is 1. The van der Waals surface area contributed by atoms with Crippen LogP contribution >= 0.6 is 0 Å². The number of hydrogen-bond acceptors (Lipinski definition) is 9. The standard InChI is InChI=1S/C48H58F4N8O7/c1-28-24-35(40(61)53-26-31-20-22-60(5)23-21-31)16-19-37(28)32-10-6-29(7-11-32)25-38(56-41(62)34-12-8-30(9-13-34)27-54-45(66)67-46(2,3)4)42(63)55-36-17-14-33(15-18-36)39-57-43(59-58-39)47(49,50)48(51,52)44(64)65/h6-7,10-11,14-19,24,30-31,34,38H,8-9,12-13,20-23,25-27H2,1-5H3,(H,53,61)(H,54,66)(H,55,63)(H,56,62)(H,64,65)(H,57,58,59)/t30-,34-,38-/m0/s1. The SMILES string of the molecule is Cc1cc(C(=O)NCC2CCN(C)CC2)ccc1-c1ccc(C[C@H](NC(=O)[C@H]2CC[C@H](CNC(=O)OC(C)(C)C)CC2)C(=O)Nc2ccc(-c3nnc(C(F)(F)C(F)(F)C(=O)O)[nH]3)cc2)cc1. The fourth-order valence-electron chi connectivity index (χ4n) is 8.22. The third-order valence-electron chi connectivity index (χ3n) is 12.2. The van der Waals surface area contributed by atoms with Crippen LogP contribution in [0.25, 0.3) is 22.5 Å². The smallest absolute Gasteiger partial charge is 0.411 e. The molecule has 1 atom stereocenters. The van der Waals surface area contributed by atoms with Crippen LogP contribution < -0.4 is 21.3 Å². The van der Waals surface area contributed by atoms with Crippen molar-refractivity contribution < 1.29 is 51.4 Å². The lowest BCUT2D eigenvalue weighted by atomic mass is 9.81. The van der Waals surface area contributed by atoms with Gasteiger partial charge < -0.3 is 41.0 Å². The van der Waals surface area contributed by atoms with E-state index in [0.717, 1.165) is 48.2 Å². The minimum Gasteiger partial charge on any atom is -0.477 e. The van der Waals surface area contributed by atoms with Crippen LogP contribution in [0.4, 0.5) is 28.0 Å². The van der Waals surface area contributed by atoms with Crippen LogP contribution in [0.5, 0.6) is 0 Å². The maximum atomic E-state index is 14.3. The maximum Gasteiger partial charge on any atom is 0.411 e. The van der Waals surface area contributed by atoms with Gasteiger partial charge in [0, 0.05) is 42.2 Å². The number of carbonyl (C=O) groups is 5. The summed E-state index contributed by atoms with van der Waals surface area (Å²) >= 11 is 0. The number of nitrogens with zero attached hydrogens (tertiary/aromatic N) is 3. The van der Waals surface area contributed by atoms with Crippen molar-refractivity contribution in [3.63, 3.8) is 0 Å². The molecule has 19 heteroatoms. The van der Waals surface area contributed by atoms with Crippen molar-refractivity contribution in [3.05, 3.63) is 89.2 Å². The van der Waals surface area contributed by atoms with E-state index in [2.05, 4.69) is 43.4 Å². The molecule has 4 aromatic rings. The van der Waals surface area contributed by atoms with Gasteiger partial charge in [0.25, 0.3) is 5.91 Å². The molecule has 1 aliphatic carbocycles. The number of anilines is 1. The van der Waals surface area contributed by atoms with E-state index in [9.17, 15) is 41.5 Å². The number of carboxylic acids is 1. The molecule has 0 spiro atoms. The van der Waals surface area contributed by atoms with Gasteiger partial charge in [-0.15, -0.1) is 10.2 Å². The molecular formula is C48H58F4N8O7. The molecular weight excluding hydrogens is 877 g/mol. The first-order valence-corrected chi connectivity index (χ1v) is 22.4. The molecule has 6 rings (SSSR count). The van der Waals surface area contributed by atoms with Gasteiger partial charge in [0.15, 0.2) is 5.82 Å². The summed E-state index contributed by atoms with van der Waals surface area (Å²) in [6.45, 7) is 10.4. The number of benzene rings is 3. The van der Waals surface area contributed by atoms with Gasteiger partial charge in [0.1, 0.15) is 11.6 Å². The normalized spacial score (nSPS) is 17.8. The van der Waals surface area contributed by atoms with E-state index in [0.29, 0.717) is 50.3 Å². The van der Waals surface area contributed by atoms with Crippen LogP contribution in [-0.2, 0) is 31.5 Å². The lowest BCUT2D eigenvalue weighted by molar-refractivity contribution is -0.231. The number of amides is 4. The zero-order chi connectivity index (χ0) is 48.7. The molecule has 2 fully saturated rings. The van der Waals surface area contributed by atoms with Gasteiger partial charge in [-0.2, -0.15) is 17.6 Å². The summed E-state index contributed by atoms with van der Waals surface area (Å²) in [6, 6.07) is 17.6. The number of H-pyrrole nitrogens is 1. The third-order valence-corrected chi connectivity index (χ3v) is 12.2. The number of piperidine rings is 1. The highest BCUT2D eigenvalue weighted by molar-refractivity contribution is 5.98. The molecule has 0 radical (unpaired) electrons. The molecule has 3 aromatic carbocycles. The lowest BCUT2D eigenvalue weighted by Gasteiger charge is -2.29. The van der Waals surface area contributed by atoms with Gasteiger partial charge >= 0.3 is 23.9 Å². The van der Waals surface area contributed by atoms with Crippen LogP contribution in [0.3, 0.4) is 0 Å². The third kappa shape index (κ3) is 13.0. The van der Waals surface area contributed by atoms with Crippen LogP contribution in [0, 0.1) is 24.7 Å². The second-order valence-corrected chi connectivity index (χ2v) is 18.6. The highest BCUT2D eigenvalue weighted by Gasteiger charge is 2.65. The van der Waals surface area contributed by atoms with Crippen molar-refractivity contribution in [3.8, 4) is 22.5 Å². The van der Waals surface area contributed by atoms with Crippen LogP contribution in [0.2, 0.25) is 0 Å². The van der Waals surface area contributed by atoms with E-state index >= 15 is 0 Å². The van der Waals surface area contributed by atoms with Crippen molar-refractivity contribution in [2.45, 2.75) is 96.1 Å². The molecule has 2 aliphatic rings. The summed E-state index contributed by atoms with van der Waals surface area (Å²) in [5.74, 6) is -16.4. The average molecular weight is 935 g/mol. The molecule has 1 aliphatic heterocycles. The number of ether oxygens (including phenoxy) is 1. The first-order valence-electron chi connectivity index (χ1n) is 22.4. The topological polar surface area (TPSA) is 208 Å². The monoisotopic (exact) mass is 934 g/mol. The number of halogens is 4. The Morgan fingerprint density at radius 1 is 0.821 bits per heavy atom. The minimum absolute atomic E-state index is 0.108. The largest absolute Gasteiger partial charge is 0.477 e. The number of carboxylic acid groups (broad SMARTS) is 1. The van der Waals surface area contributed by atoms with Crippen molar-refractivity contribution in [2.24, 2.45) is 17.8 Å². The number of hydrogen-bond donors (Lipinski definition) is 6. The Bertz CT molecular complexity index is 2390. The van der Waals surface area contributed by atoms with Gasteiger partial charge in [-0.05, 0) is 157 Å². The van der Waals surface area contributed by atoms with E-state index in [1.165, 1.54) is 24.3 Å². The van der Waals surface area contributed by atoms with Crippen molar-refractivity contribution in [1.29, 1.82) is 0 Å². The Morgan fingerprint density at radius 2 is 1.43 bits per heavy atom. The Kier molecular flexibility index (Phi) is 15.7. The zero-order valence-electron chi connectivity index (χ0n) is 38.2. The van der Waals surface area contributed by atoms with Gasteiger partial charge in [0.2, 0.25) is 17.6 Å². The van der Waals surface area contributed by atoms with Crippen molar-refractivity contribution >= 4 is 35.5 Å². The summed E-state index contributed by atoms with van der Waals surface area (Å²) in [6.07, 6.45) is 4.13. The summed E-state index contributed by atoms with van der Waals surface area (Å²) in [5.41, 5.74) is 3.77. The summed E-state index contributed by atoms with van der Waals surface area (Å²) in [4.78, 5) is 68.0. The number of nitrogens with one attached hydrogen (secondary N) is 5. The van der Waals surface area contributed by atoms with Crippen molar-refractivity contribution in [2.75, 3.05) is 38.5 Å². The number of likely N-dealkylation sites (tertiary alicyclic amines) is 1. The predicted octanol–water partition coefficient (Wildman–Crippen LogP) is 7.33. The molecule has 1 aromatic heterocycles. The molecule has 4 amide bonds. The lowest BCUT2D eigenvalue weighted by Crippen LogP contribution is -2.48. The highest BCUT2D eigenvalue weighted by Crippen LogP contribution is 2.42. The van der Waals surface area contributed by atoms with Gasteiger partial charge in [-0.1, -0.05) is 30.3 Å². The van der Waals surface area contributed by atoms with Gasteiger partial charge in [-0.3, -0.25) is 14.4 Å². The zero-order valence-corrected chi connectivity index (χ0v) is 38.2. The van der Waals surface area contributed by atoms with E-state index in [-0.39, 0.29) is 47.1 Å². The van der Waals surface area contributed by atoms with E-state index in [1.54, 1.807) is 26.8 Å². The highest BCUT2D eigenvalue weighted by atomic mass is 19.3. The van der Waals surface area contributed by atoms with Crippen LogP contribution in [0.15, 0.2) is 66.7 Å². The van der Waals surface area contributed by atoms with Crippen LogP contribution in [-0.4, -0.2) is 106 Å². The summed E-state index contributed by atoms with van der Waals surface area (Å²) in [7, 11) is 2.10. The Hall–Kier alpha value is -6.37.